The molecule has 0 spiro atoms. The molecule has 68 valence electrons. The summed E-state index contributed by atoms with van der Waals surface area (Å²) in [6, 6.07) is -0.535. The summed E-state index contributed by atoms with van der Waals surface area (Å²) in [6.45, 7) is 0.287. The molecule has 0 radical (unpaired) electrons. The maximum absolute atomic E-state index is 10.5. The molecule has 1 rings (SSSR count). The zero-order chi connectivity index (χ0) is 9.14. The van der Waals surface area contributed by atoms with Gasteiger partial charge in [0.2, 0.25) is 0 Å². The molecule has 0 aromatic carbocycles. The van der Waals surface area contributed by atoms with Gasteiger partial charge in [-0.25, -0.2) is 4.79 Å². The fraction of sp³-hybridized carbons (Fsp3) is 0.714. The summed E-state index contributed by atoms with van der Waals surface area (Å²) in [5.41, 5.74) is 0. The number of rotatable bonds is 2. The van der Waals surface area contributed by atoms with Crippen molar-refractivity contribution < 1.29 is 19.4 Å². The van der Waals surface area contributed by atoms with Crippen LogP contribution in [-0.4, -0.2) is 48.2 Å². The molecule has 1 N–H and O–H groups in total. The standard InChI is InChI=1S/C7H11NO4/c1-12-6-2-5(4-9)8(3-6)7(10)11/h4-6H,2-3H2,1H3,(H,10,11)/t5-,6-/m0/s1. The molecule has 0 saturated carbocycles. The van der Waals surface area contributed by atoms with E-state index < -0.39 is 12.1 Å². The van der Waals surface area contributed by atoms with Crippen molar-refractivity contribution in [3.63, 3.8) is 0 Å². The SMILES string of the molecule is CO[C@H]1C[C@@H](C=O)N(C(=O)O)C1. The van der Waals surface area contributed by atoms with Crippen molar-refractivity contribution in [2.45, 2.75) is 18.6 Å². The lowest BCUT2D eigenvalue weighted by molar-refractivity contribution is -0.111. The Labute approximate surface area is 69.9 Å². The molecular weight excluding hydrogens is 162 g/mol. The number of hydrogen-bond acceptors (Lipinski definition) is 3. The average Bonchev–Trinajstić information content (AvgIpc) is 2.47. The summed E-state index contributed by atoms with van der Waals surface area (Å²) >= 11 is 0. The molecule has 0 aromatic rings. The second-order valence-electron chi connectivity index (χ2n) is 2.73. The van der Waals surface area contributed by atoms with E-state index in [4.69, 9.17) is 9.84 Å². The van der Waals surface area contributed by atoms with E-state index in [1.54, 1.807) is 0 Å². The lowest BCUT2D eigenvalue weighted by Crippen LogP contribution is -2.35. The Morgan fingerprint density at radius 3 is 2.75 bits per heavy atom. The van der Waals surface area contributed by atoms with Crippen molar-refractivity contribution >= 4 is 12.4 Å². The second-order valence-corrected chi connectivity index (χ2v) is 2.73. The quantitative estimate of drug-likeness (QED) is 0.594. The first-order valence-electron chi connectivity index (χ1n) is 3.66. The van der Waals surface area contributed by atoms with Crippen LogP contribution in [0.15, 0.2) is 0 Å². The highest BCUT2D eigenvalue weighted by molar-refractivity contribution is 5.72. The Hall–Kier alpha value is -1.10. The average molecular weight is 173 g/mol. The van der Waals surface area contributed by atoms with Gasteiger partial charge in [-0.2, -0.15) is 0 Å². The number of carboxylic acid groups (broad SMARTS) is 1. The molecule has 1 saturated heterocycles. The minimum atomic E-state index is -1.06. The van der Waals surface area contributed by atoms with Crippen LogP contribution >= 0.6 is 0 Å². The van der Waals surface area contributed by atoms with E-state index in [0.29, 0.717) is 12.7 Å². The van der Waals surface area contributed by atoms with Crippen LogP contribution < -0.4 is 0 Å². The van der Waals surface area contributed by atoms with Crippen LogP contribution in [-0.2, 0) is 9.53 Å². The van der Waals surface area contributed by atoms with Crippen LogP contribution in [0, 0.1) is 0 Å². The Balaban J connectivity index is 2.62. The fourth-order valence-corrected chi connectivity index (χ4v) is 1.35. The Kier molecular flexibility index (Phi) is 2.65. The Morgan fingerprint density at radius 2 is 2.42 bits per heavy atom. The Morgan fingerprint density at radius 1 is 1.75 bits per heavy atom. The molecule has 1 fully saturated rings. The summed E-state index contributed by atoms with van der Waals surface area (Å²) in [4.78, 5) is 22.1. The first-order chi connectivity index (χ1) is 5.69. The number of methoxy groups -OCH3 is 1. The number of likely N-dealkylation sites (tertiary alicyclic amines) is 1. The molecule has 0 bridgehead atoms. The zero-order valence-electron chi connectivity index (χ0n) is 6.77. The van der Waals surface area contributed by atoms with Crippen LogP contribution in [0.2, 0.25) is 0 Å². The largest absolute Gasteiger partial charge is 0.465 e. The molecule has 1 aliphatic rings. The predicted molar refractivity (Wildman–Crippen MR) is 40.0 cm³/mol. The minimum Gasteiger partial charge on any atom is -0.465 e. The normalized spacial score (nSPS) is 28.9. The third kappa shape index (κ3) is 1.55. The summed E-state index contributed by atoms with van der Waals surface area (Å²) < 4.78 is 4.96. The number of nitrogens with zero attached hydrogens (tertiary/aromatic N) is 1. The second kappa shape index (κ2) is 3.53. The van der Waals surface area contributed by atoms with Gasteiger partial charge >= 0.3 is 6.09 Å². The molecule has 5 heteroatoms. The molecule has 1 amide bonds. The van der Waals surface area contributed by atoms with Crippen LogP contribution in [0.3, 0.4) is 0 Å². The van der Waals surface area contributed by atoms with Gasteiger partial charge in [0, 0.05) is 13.5 Å². The minimum absolute atomic E-state index is 0.142. The molecule has 1 heterocycles. The highest BCUT2D eigenvalue weighted by Gasteiger charge is 2.34. The third-order valence-electron chi connectivity index (χ3n) is 2.04. The maximum Gasteiger partial charge on any atom is 0.407 e. The first kappa shape index (κ1) is 8.99. The molecule has 0 aliphatic carbocycles. The van der Waals surface area contributed by atoms with E-state index in [9.17, 15) is 9.59 Å². The van der Waals surface area contributed by atoms with Crippen LogP contribution in [0.4, 0.5) is 4.79 Å². The fourth-order valence-electron chi connectivity index (χ4n) is 1.35. The zero-order valence-corrected chi connectivity index (χ0v) is 6.77. The number of carbonyl (C=O) groups excluding carboxylic acids is 1. The summed E-state index contributed by atoms with van der Waals surface area (Å²) in [6.07, 6.45) is -0.0950. The number of hydrogen-bond donors (Lipinski definition) is 1. The van der Waals surface area contributed by atoms with E-state index in [1.807, 2.05) is 0 Å². The van der Waals surface area contributed by atoms with Crippen molar-refractivity contribution in [3.8, 4) is 0 Å². The van der Waals surface area contributed by atoms with Gasteiger partial charge in [0.05, 0.1) is 18.7 Å². The number of ether oxygens (including phenoxy) is 1. The van der Waals surface area contributed by atoms with Gasteiger partial charge in [-0.15, -0.1) is 0 Å². The van der Waals surface area contributed by atoms with Gasteiger partial charge in [-0.3, -0.25) is 4.90 Å². The number of aldehydes is 1. The number of amides is 1. The van der Waals surface area contributed by atoms with E-state index in [1.165, 1.54) is 7.11 Å². The third-order valence-corrected chi connectivity index (χ3v) is 2.04. The van der Waals surface area contributed by atoms with Gasteiger partial charge in [0.1, 0.15) is 6.29 Å². The predicted octanol–water partition coefficient (Wildman–Crippen LogP) is -0.0474. The highest BCUT2D eigenvalue weighted by atomic mass is 16.5. The highest BCUT2D eigenvalue weighted by Crippen LogP contribution is 2.18. The summed E-state index contributed by atoms with van der Waals surface area (Å²) in [7, 11) is 1.51. The lowest BCUT2D eigenvalue weighted by atomic mass is 10.2. The molecule has 0 unspecified atom stereocenters. The topological polar surface area (TPSA) is 66.8 Å². The summed E-state index contributed by atoms with van der Waals surface area (Å²) in [5, 5.41) is 8.64. The van der Waals surface area contributed by atoms with Crippen LogP contribution in [0.5, 0.6) is 0 Å². The molecular formula is C7H11NO4. The lowest BCUT2D eigenvalue weighted by Gasteiger charge is -2.14. The Bertz CT molecular complexity index is 194. The van der Waals surface area contributed by atoms with Gasteiger partial charge in [0.25, 0.3) is 0 Å². The van der Waals surface area contributed by atoms with Gasteiger partial charge in [-0.05, 0) is 0 Å². The smallest absolute Gasteiger partial charge is 0.407 e. The van der Waals surface area contributed by atoms with E-state index in [0.717, 1.165) is 4.90 Å². The molecule has 5 nitrogen and oxygen atoms in total. The van der Waals surface area contributed by atoms with Crippen molar-refractivity contribution in [2.24, 2.45) is 0 Å². The van der Waals surface area contributed by atoms with Crippen LogP contribution in [0.1, 0.15) is 6.42 Å². The number of carbonyl (C=O) groups is 2. The maximum atomic E-state index is 10.5. The van der Waals surface area contributed by atoms with E-state index in [-0.39, 0.29) is 12.6 Å². The van der Waals surface area contributed by atoms with E-state index in [2.05, 4.69) is 0 Å². The van der Waals surface area contributed by atoms with Crippen molar-refractivity contribution in [2.75, 3.05) is 13.7 Å². The molecule has 0 aromatic heterocycles. The van der Waals surface area contributed by atoms with Gasteiger partial charge in [-0.1, -0.05) is 0 Å². The monoisotopic (exact) mass is 173 g/mol. The molecule has 1 aliphatic heterocycles. The van der Waals surface area contributed by atoms with Gasteiger partial charge in [0.15, 0.2) is 0 Å². The molecule has 12 heavy (non-hydrogen) atoms. The molecule has 2 atom stereocenters. The van der Waals surface area contributed by atoms with Crippen LogP contribution in [0.25, 0.3) is 0 Å². The van der Waals surface area contributed by atoms with E-state index >= 15 is 0 Å². The van der Waals surface area contributed by atoms with Crippen molar-refractivity contribution in [1.82, 2.24) is 4.90 Å². The van der Waals surface area contributed by atoms with Gasteiger partial charge < -0.3 is 14.6 Å². The first-order valence-corrected chi connectivity index (χ1v) is 3.66. The van der Waals surface area contributed by atoms with Crippen molar-refractivity contribution in [3.05, 3.63) is 0 Å². The van der Waals surface area contributed by atoms with Crippen molar-refractivity contribution in [1.29, 1.82) is 0 Å². The summed E-state index contributed by atoms with van der Waals surface area (Å²) in [5.74, 6) is 0.